The summed E-state index contributed by atoms with van der Waals surface area (Å²) in [7, 11) is -3.02. The Morgan fingerprint density at radius 2 is 1.81 bits per heavy atom. The van der Waals surface area contributed by atoms with Gasteiger partial charge < -0.3 is 9.64 Å². The third kappa shape index (κ3) is 4.43. The number of amides is 1. The zero-order valence-corrected chi connectivity index (χ0v) is 15.6. The van der Waals surface area contributed by atoms with Crippen molar-refractivity contribution in [2.45, 2.75) is 26.0 Å². The van der Waals surface area contributed by atoms with Crippen molar-refractivity contribution in [3.05, 3.63) is 65.7 Å². The fourth-order valence-corrected chi connectivity index (χ4v) is 4.91. The number of sulfone groups is 1. The SMILES string of the molecule is CCN(C(=O)c1ccc(COc2ccccc2)cc1)[C@H]1CCS(=O)(=O)C1. The molecule has 1 amide bonds. The zero-order chi connectivity index (χ0) is 18.6. The Morgan fingerprint density at radius 3 is 2.38 bits per heavy atom. The fourth-order valence-electron chi connectivity index (χ4n) is 3.18. The van der Waals surface area contributed by atoms with Crippen LogP contribution in [0.25, 0.3) is 0 Å². The van der Waals surface area contributed by atoms with Gasteiger partial charge in [0.25, 0.3) is 5.91 Å². The molecular formula is C20H23NO4S. The van der Waals surface area contributed by atoms with Crippen molar-refractivity contribution in [2.75, 3.05) is 18.1 Å². The van der Waals surface area contributed by atoms with Gasteiger partial charge in [0, 0.05) is 18.2 Å². The molecule has 0 saturated carbocycles. The second-order valence-corrected chi connectivity index (χ2v) is 8.68. The molecule has 0 bridgehead atoms. The Hall–Kier alpha value is -2.34. The lowest BCUT2D eigenvalue weighted by Crippen LogP contribution is -2.40. The molecule has 0 spiro atoms. The number of nitrogens with zero attached hydrogens (tertiary/aromatic N) is 1. The van der Waals surface area contributed by atoms with Gasteiger partial charge in [0.15, 0.2) is 9.84 Å². The van der Waals surface area contributed by atoms with Crippen LogP contribution in [0.1, 0.15) is 29.3 Å². The van der Waals surface area contributed by atoms with Crippen LogP contribution < -0.4 is 4.74 Å². The van der Waals surface area contributed by atoms with Crippen LogP contribution in [-0.2, 0) is 16.4 Å². The molecule has 0 radical (unpaired) electrons. The van der Waals surface area contributed by atoms with Gasteiger partial charge in [-0.1, -0.05) is 30.3 Å². The Morgan fingerprint density at radius 1 is 1.12 bits per heavy atom. The summed E-state index contributed by atoms with van der Waals surface area (Å²) in [6, 6.07) is 16.6. The van der Waals surface area contributed by atoms with E-state index in [0.717, 1.165) is 11.3 Å². The molecule has 0 N–H and O–H groups in total. The van der Waals surface area contributed by atoms with Gasteiger partial charge in [-0.3, -0.25) is 4.79 Å². The summed E-state index contributed by atoms with van der Waals surface area (Å²) in [6.07, 6.45) is 0.519. The first-order chi connectivity index (χ1) is 12.5. The van der Waals surface area contributed by atoms with E-state index >= 15 is 0 Å². The summed E-state index contributed by atoms with van der Waals surface area (Å²) in [5.74, 6) is 0.907. The molecule has 2 aromatic rings. The maximum absolute atomic E-state index is 12.8. The van der Waals surface area contributed by atoms with Crippen molar-refractivity contribution in [2.24, 2.45) is 0 Å². The van der Waals surface area contributed by atoms with Crippen LogP contribution in [0, 0.1) is 0 Å². The highest BCUT2D eigenvalue weighted by molar-refractivity contribution is 7.91. The minimum Gasteiger partial charge on any atom is -0.489 e. The topological polar surface area (TPSA) is 63.7 Å². The van der Waals surface area contributed by atoms with E-state index in [1.54, 1.807) is 17.0 Å². The van der Waals surface area contributed by atoms with E-state index in [4.69, 9.17) is 4.74 Å². The predicted octanol–water partition coefficient (Wildman–Crippen LogP) is 2.91. The standard InChI is InChI=1S/C20H23NO4S/c1-2-21(18-12-13-26(23,24)15-18)20(22)17-10-8-16(9-11-17)14-25-19-6-4-3-5-7-19/h3-11,18H,2,12-15H2,1H3/t18-/m0/s1. The van der Waals surface area contributed by atoms with Crippen LogP contribution in [0.2, 0.25) is 0 Å². The molecule has 1 heterocycles. The number of rotatable bonds is 6. The summed E-state index contributed by atoms with van der Waals surface area (Å²) in [5, 5.41) is 0. The molecule has 26 heavy (non-hydrogen) atoms. The van der Waals surface area contributed by atoms with Gasteiger partial charge in [-0.05, 0) is 43.2 Å². The van der Waals surface area contributed by atoms with Crippen molar-refractivity contribution in [3.8, 4) is 5.75 Å². The van der Waals surface area contributed by atoms with Gasteiger partial charge in [0.1, 0.15) is 12.4 Å². The van der Waals surface area contributed by atoms with Crippen molar-refractivity contribution < 1.29 is 17.9 Å². The second kappa shape index (κ2) is 7.91. The zero-order valence-electron chi connectivity index (χ0n) is 14.8. The Bertz CT molecular complexity index is 847. The number of ether oxygens (including phenoxy) is 1. The first-order valence-electron chi connectivity index (χ1n) is 8.76. The van der Waals surface area contributed by atoms with Gasteiger partial charge >= 0.3 is 0 Å². The maximum atomic E-state index is 12.8. The lowest BCUT2D eigenvalue weighted by molar-refractivity contribution is 0.0708. The third-order valence-electron chi connectivity index (χ3n) is 4.60. The lowest BCUT2D eigenvalue weighted by Gasteiger charge is -2.27. The Kier molecular flexibility index (Phi) is 5.61. The van der Waals surface area contributed by atoms with Crippen LogP contribution in [0.5, 0.6) is 5.75 Å². The summed E-state index contributed by atoms with van der Waals surface area (Å²) in [5.41, 5.74) is 1.54. The molecule has 0 unspecified atom stereocenters. The largest absolute Gasteiger partial charge is 0.489 e. The molecule has 5 nitrogen and oxygen atoms in total. The number of hydrogen-bond donors (Lipinski definition) is 0. The predicted molar refractivity (Wildman–Crippen MR) is 101 cm³/mol. The molecule has 3 rings (SSSR count). The number of benzene rings is 2. The average Bonchev–Trinajstić information content (AvgIpc) is 3.01. The summed E-state index contributed by atoms with van der Waals surface area (Å²) in [4.78, 5) is 14.4. The van der Waals surface area contributed by atoms with Crippen LogP contribution in [0.4, 0.5) is 0 Å². The fraction of sp³-hybridized carbons (Fsp3) is 0.350. The summed E-state index contributed by atoms with van der Waals surface area (Å²) >= 11 is 0. The van der Waals surface area contributed by atoms with Crippen LogP contribution in [0.15, 0.2) is 54.6 Å². The van der Waals surface area contributed by atoms with E-state index in [9.17, 15) is 13.2 Å². The summed E-state index contributed by atoms with van der Waals surface area (Å²) in [6.45, 7) is 2.81. The molecule has 2 aromatic carbocycles. The smallest absolute Gasteiger partial charge is 0.254 e. The number of carbonyl (C=O) groups is 1. The number of carbonyl (C=O) groups excluding carboxylic acids is 1. The highest BCUT2D eigenvalue weighted by Gasteiger charge is 2.34. The molecular weight excluding hydrogens is 350 g/mol. The number of para-hydroxylation sites is 1. The molecule has 6 heteroatoms. The van der Waals surface area contributed by atoms with Gasteiger partial charge in [-0.2, -0.15) is 0 Å². The van der Waals surface area contributed by atoms with E-state index in [-0.39, 0.29) is 23.5 Å². The van der Waals surface area contributed by atoms with E-state index in [1.807, 2.05) is 49.4 Å². The minimum atomic E-state index is -3.02. The molecule has 138 valence electrons. The van der Waals surface area contributed by atoms with Gasteiger partial charge in [0.2, 0.25) is 0 Å². The van der Waals surface area contributed by atoms with E-state index in [0.29, 0.717) is 25.1 Å². The van der Waals surface area contributed by atoms with Crippen LogP contribution in [-0.4, -0.2) is 43.3 Å². The van der Waals surface area contributed by atoms with Crippen molar-refractivity contribution in [1.82, 2.24) is 4.90 Å². The molecule has 1 aliphatic rings. The van der Waals surface area contributed by atoms with E-state index in [2.05, 4.69) is 0 Å². The maximum Gasteiger partial charge on any atom is 0.254 e. The monoisotopic (exact) mass is 373 g/mol. The normalized spacial score (nSPS) is 18.4. The molecule has 1 fully saturated rings. The highest BCUT2D eigenvalue weighted by atomic mass is 32.2. The molecule has 1 atom stereocenters. The second-order valence-electron chi connectivity index (χ2n) is 6.45. The average molecular weight is 373 g/mol. The van der Waals surface area contributed by atoms with Gasteiger partial charge in [-0.25, -0.2) is 8.42 Å². The van der Waals surface area contributed by atoms with Crippen molar-refractivity contribution in [1.29, 1.82) is 0 Å². The minimum absolute atomic E-state index is 0.0651. The first kappa shape index (κ1) is 18.5. The lowest BCUT2D eigenvalue weighted by atomic mass is 10.1. The van der Waals surface area contributed by atoms with Crippen LogP contribution >= 0.6 is 0 Å². The summed E-state index contributed by atoms with van der Waals surface area (Å²) < 4.78 is 29.1. The third-order valence-corrected chi connectivity index (χ3v) is 6.35. The Labute approximate surface area is 154 Å². The quantitative estimate of drug-likeness (QED) is 0.781. The van der Waals surface area contributed by atoms with Crippen molar-refractivity contribution >= 4 is 15.7 Å². The highest BCUT2D eigenvalue weighted by Crippen LogP contribution is 2.20. The number of hydrogen-bond acceptors (Lipinski definition) is 4. The van der Waals surface area contributed by atoms with E-state index < -0.39 is 9.84 Å². The molecule has 0 aromatic heterocycles. The first-order valence-corrected chi connectivity index (χ1v) is 10.6. The molecule has 1 aliphatic heterocycles. The van der Waals surface area contributed by atoms with Crippen molar-refractivity contribution in [3.63, 3.8) is 0 Å². The van der Waals surface area contributed by atoms with Gasteiger partial charge in [-0.15, -0.1) is 0 Å². The molecule has 0 aliphatic carbocycles. The molecule has 1 saturated heterocycles. The Balaban J connectivity index is 1.64. The van der Waals surface area contributed by atoms with Gasteiger partial charge in [0.05, 0.1) is 11.5 Å². The van der Waals surface area contributed by atoms with E-state index in [1.165, 1.54) is 0 Å². The van der Waals surface area contributed by atoms with Crippen LogP contribution in [0.3, 0.4) is 0 Å².